The molecule has 14 heavy (non-hydrogen) atoms. The highest BCUT2D eigenvalue weighted by Crippen LogP contribution is 2.12. The van der Waals surface area contributed by atoms with Gasteiger partial charge in [-0.05, 0) is 18.2 Å². The number of halogens is 1. The van der Waals surface area contributed by atoms with E-state index in [4.69, 9.17) is 11.6 Å². The third kappa shape index (κ3) is 2.40. The molecule has 0 aliphatic carbocycles. The topological polar surface area (TPSA) is 60.2 Å². The largest absolute Gasteiger partial charge is 0.289 e. The van der Waals surface area contributed by atoms with E-state index in [0.29, 0.717) is 5.56 Å². The van der Waals surface area contributed by atoms with E-state index in [9.17, 15) is 14.9 Å². The van der Waals surface area contributed by atoms with Crippen molar-refractivity contribution >= 4 is 23.1 Å². The second-order valence-corrected chi connectivity index (χ2v) is 2.71. The Morgan fingerprint density at radius 3 is 2.36 bits per heavy atom. The van der Waals surface area contributed by atoms with Crippen LogP contribution in [0.1, 0.15) is 10.4 Å². The molecule has 0 aliphatic rings. The Bertz CT molecular complexity index is 384. The van der Waals surface area contributed by atoms with E-state index in [-0.39, 0.29) is 11.5 Å². The molecule has 4 nitrogen and oxygen atoms in total. The SMILES string of the molecule is O=C(C=CCl)c1ccc([N+](=O)[O-])cc1. The summed E-state index contributed by atoms with van der Waals surface area (Å²) in [6.45, 7) is 0. The zero-order valence-electron chi connectivity index (χ0n) is 7.01. The Morgan fingerprint density at radius 1 is 1.36 bits per heavy atom. The molecular weight excluding hydrogens is 206 g/mol. The van der Waals surface area contributed by atoms with Crippen LogP contribution in [-0.2, 0) is 0 Å². The standard InChI is InChI=1S/C9H6ClNO3/c10-6-5-9(12)7-1-3-8(4-2-7)11(13)14/h1-6H. The lowest BCUT2D eigenvalue weighted by atomic mass is 10.1. The van der Waals surface area contributed by atoms with Crippen LogP contribution in [0.2, 0.25) is 0 Å². The van der Waals surface area contributed by atoms with Crippen molar-refractivity contribution in [1.82, 2.24) is 0 Å². The monoisotopic (exact) mass is 211 g/mol. The molecule has 5 heteroatoms. The van der Waals surface area contributed by atoms with E-state index in [1.807, 2.05) is 0 Å². The van der Waals surface area contributed by atoms with Crippen LogP contribution in [0.25, 0.3) is 0 Å². The molecule has 0 unspecified atom stereocenters. The molecule has 1 aromatic rings. The average Bonchev–Trinajstić information content (AvgIpc) is 2.18. The predicted octanol–water partition coefficient (Wildman–Crippen LogP) is 2.53. The summed E-state index contributed by atoms with van der Waals surface area (Å²) in [5, 5.41) is 10.3. The summed E-state index contributed by atoms with van der Waals surface area (Å²) in [7, 11) is 0. The van der Waals surface area contributed by atoms with Crippen LogP contribution in [0.4, 0.5) is 5.69 Å². The Hall–Kier alpha value is -1.68. The van der Waals surface area contributed by atoms with Crippen LogP contribution in [0.5, 0.6) is 0 Å². The van der Waals surface area contributed by atoms with Gasteiger partial charge >= 0.3 is 0 Å². The summed E-state index contributed by atoms with van der Waals surface area (Å²) in [5.41, 5.74) is 1.42. The van der Waals surface area contributed by atoms with E-state index < -0.39 is 4.92 Å². The first-order chi connectivity index (χ1) is 6.65. The van der Waals surface area contributed by atoms with Gasteiger partial charge in [0.1, 0.15) is 0 Å². The highest BCUT2D eigenvalue weighted by Gasteiger charge is 2.06. The van der Waals surface area contributed by atoms with E-state index in [1.54, 1.807) is 0 Å². The van der Waals surface area contributed by atoms with Crippen LogP contribution < -0.4 is 0 Å². The summed E-state index contributed by atoms with van der Waals surface area (Å²) >= 11 is 5.22. The fraction of sp³-hybridized carbons (Fsp3) is 0. The lowest BCUT2D eigenvalue weighted by molar-refractivity contribution is -0.384. The third-order valence-electron chi connectivity index (χ3n) is 1.58. The van der Waals surface area contributed by atoms with Gasteiger partial charge in [-0.1, -0.05) is 11.6 Å². The number of rotatable bonds is 3. The van der Waals surface area contributed by atoms with Crippen molar-refractivity contribution in [2.24, 2.45) is 0 Å². The Kier molecular flexibility index (Phi) is 3.36. The van der Waals surface area contributed by atoms with Crippen LogP contribution in [0.3, 0.4) is 0 Å². The van der Waals surface area contributed by atoms with Gasteiger partial charge in [0.05, 0.1) is 4.92 Å². The van der Waals surface area contributed by atoms with Crippen LogP contribution in [-0.4, -0.2) is 10.7 Å². The molecule has 0 fully saturated rings. The van der Waals surface area contributed by atoms with Gasteiger partial charge in [0.15, 0.2) is 5.78 Å². The highest BCUT2D eigenvalue weighted by atomic mass is 35.5. The van der Waals surface area contributed by atoms with Gasteiger partial charge in [-0.15, -0.1) is 0 Å². The second kappa shape index (κ2) is 4.53. The molecule has 0 aliphatic heterocycles. The number of ketones is 1. The lowest BCUT2D eigenvalue weighted by Gasteiger charge is -1.94. The first kappa shape index (κ1) is 10.4. The first-order valence-electron chi connectivity index (χ1n) is 3.70. The maximum absolute atomic E-state index is 11.2. The molecule has 1 aromatic carbocycles. The molecule has 0 atom stereocenters. The number of nitrogens with zero attached hydrogens (tertiary/aromatic N) is 1. The fourth-order valence-corrected chi connectivity index (χ4v) is 1.02. The molecule has 0 amide bonds. The summed E-state index contributed by atoms with van der Waals surface area (Å²) in [6.07, 6.45) is 1.18. The summed E-state index contributed by atoms with van der Waals surface area (Å²) in [5.74, 6) is -0.283. The van der Waals surface area contributed by atoms with E-state index >= 15 is 0 Å². The predicted molar refractivity (Wildman–Crippen MR) is 52.4 cm³/mol. The minimum atomic E-state index is -0.522. The minimum absolute atomic E-state index is 0.0450. The number of hydrogen-bond donors (Lipinski definition) is 0. The highest BCUT2D eigenvalue weighted by molar-refractivity contribution is 6.27. The van der Waals surface area contributed by atoms with E-state index in [2.05, 4.69) is 0 Å². The molecule has 0 saturated heterocycles. The lowest BCUT2D eigenvalue weighted by Crippen LogP contribution is -1.94. The number of carbonyl (C=O) groups is 1. The van der Waals surface area contributed by atoms with E-state index in [0.717, 1.165) is 5.54 Å². The van der Waals surface area contributed by atoms with Crippen LogP contribution in [0.15, 0.2) is 35.9 Å². The number of carbonyl (C=O) groups excluding carboxylic acids is 1. The van der Waals surface area contributed by atoms with Gasteiger partial charge in [0, 0.05) is 23.2 Å². The fourth-order valence-electron chi connectivity index (χ4n) is 0.901. The number of allylic oxidation sites excluding steroid dienone is 1. The number of nitro benzene ring substituents is 1. The van der Waals surface area contributed by atoms with Crippen LogP contribution >= 0.6 is 11.6 Å². The van der Waals surface area contributed by atoms with Gasteiger partial charge < -0.3 is 0 Å². The summed E-state index contributed by atoms with van der Waals surface area (Å²) in [4.78, 5) is 21.0. The normalized spacial score (nSPS) is 10.4. The van der Waals surface area contributed by atoms with Crippen LogP contribution in [0, 0.1) is 10.1 Å². The summed E-state index contributed by atoms with van der Waals surface area (Å²) < 4.78 is 0. The zero-order valence-corrected chi connectivity index (χ0v) is 7.77. The smallest absolute Gasteiger partial charge is 0.269 e. The van der Waals surface area contributed by atoms with Crippen molar-refractivity contribution in [3.05, 3.63) is 51.6 Å². The average molecular weight is 212 g/mol. The van der Waals surface area contributed by atoms with Crippen molar-refractivity contribution in [1.29, 1.82) is 0 Å². The molecule has 0 spiro atoms. The Labute approximate surface area is 85.0 Å². The minimum Gasteiger partial charge on any atom is -0.289 e. The molecular formula is C9H6ClNO3. The maximum Gasteiger partial charge on any atom is 0.269 e. The second-order valence-electron chi connectivity index (χ2n) is 2.46. The maximum atomic E-state index is 11.2. The first-order valence-corrected chi connectivity index (χ1v) is 4.14. The Morgan fingerprint density at radius 2 is 1.93 bits per heavy atom. The third-order valence-corrected chi connectivity index (χ3v) is 1.70. The number of hydrogen-bond acceptors (Lipinski definition) is 3. The van der Waals surface area contributed by atoms with Gasteiger partial charge in [-0.3, -0.25) is 14.9 Å². The Balaban J connectivity index is 2.94. The van der Waals surface area contributed by atoms with Crippen molar-refractivity contribution in [3.63, 3.8) is 0 Å². The quantitative estimate of drug-likeness (QED) is 0.334. The van der Waals surface area contributed by atoms with Gasteiger partial charge in [0.2, 0.25) is 0 Å². The van der Waals surface area contributed by atoms with Crippen molar-refractivity contribution in [2.45, 2.75) is 0 Å². The number of benzene rings is 1. The van der Waals surface area contributed by atoms with Crippen molar-refractivity contribution in [3.8, 4) is 0 Å². The van der Waals surface area contributed by atoms with Crippen molar-refractivity contribution in [2.75, 3.05) is 0 Å². The van der Waals surface area contributed by atoms with Gasteiger partial charge in [-0.25, -0.2) is 0 Å². The number of nitro groups is 1. The van der Waals surface area contributed by atoms with E-state index in [1.165, 1.54) is 30.3 Å². The molecule has 0 radical (unpaired) electrons. The molecule has 0 aromatic heterocycles. The van der Waals surface area contributed by atoms with Crippen molar-refractivity contribution < 1.29 is 9.72 Å². The summed E-state index contributed by atoms with van der Waals surface area (Å²) in [6, 6.07) is 5.32. The van der Waals surface area contributed by atoms with Gasteiger partial charge in [-0.2, -0.15) is 0 Å². The zero-order chi connectivity index (χ0) is 10.6. The molecule has 0 heterocycles. The molecule has 0 saturated carbocycles. The molecule has 0 N–H and O–H groups in total. The van der Waals surface area contributed by atoms with Gasteiger partial charge in [0.25, 0.3) is 5.69 Å². The molecule has 1 rings (SSSR count). The number of non-ortho nitro benzene ring substituents is 1. The molecule has 72 valence electrons. The molecule has 0 bridgehead atoms.